The third kappa shape index (κ3) is 4.06. The number of nitrogens with zero attached hydrogens (tertiary/aromatic N) is 1. The Hall–Kier alpha value is -2.64. The lowest BCUT2D eigenvalue weighted by molar-refractivity contribution is 0.477. The van der Waals surface area contributed by atoms with Gasteiger partial charge in [0.15, 0.2) is 0 Å². The molecule has 6 nitrogen and oxygen atoms in total. The normalized spacial score (nSPS) is 15.1. The number of nitrogens with one attached hydrogen (secondary N) is 1. The summed E-state index contributed by atoms with van der Waals surface area (Å²) in [5, 5.41) is 4.16. The van der Waals surface area contributed by atoms with E-state index in [0.29, 0.717) is 30.1 Å². The number of hydrogen-bond donors (Lipinski definition) is 1. The molecule has 4 rings (SSSR count). The first kappa shape index (κ1) is 19.7. The summed E-state index contributed by atoms with van der Waals surface area (Å²) < 4.78 is 32.1. The molecule has 0 spiro atoms. The highest BCUT2D eigenvalue weighted by Crippen LogP contribution is 2.23. The molecule has 1 fully saturated rings. The second kappa shape index (κ2) is 8.00. The van der Waals surface area contributed by atoms with Gasteiger partial charge in [-0.3, -0.25) is 0 Å². The highest BCUT2D eigenvalue weighted by Gasteiger charge is 2.26. The molecular weight excluding hydrogens is 388 g/mol. The Morgan fingerprint density at radius 2 is 1.76 bits per heavy atom. The third-order valence-corrected chi connectivity index (χ3v) is 7.26. The minimum absolute atomic E-state index is 0.308. The molecule has 1 aliphatic heterocycles. The van der Waals surface area contributed by atoms with Crippen LogP contribution in [0.2, 0.25) is 0 Å². The minimum Gasteiger partial charge on any atom is -0.423 e. The van der Waals surface area contributed by atoms with Gasteiger partial charge >= 0.3 is 5.63 Å². The van der Waals surface area contributed by atoms with Crippen LogP contribution in [0.3, 0.4) is 0 Å². The molecular formula is C22H24N2O4S. The van der Waals surface area contributed by atoms with E-state index in [9.17, 15) is 13.2 Å². The number of fused-ring (bicyclic) bond motifs is 1. The average molecular weight is 413 g/mol. The van der Waals surface area contributed by atoms with Crippen LogP contribution < -0.4 is 10.9 Å². The van der Waals surface area contributed by atoms with Crippen molar-refractivity contribution in [1.82, 2.24) is 4.31 Å². The first-order valence-corrected chi connectivity index (χ1v) is 11.3. The molecule has 2 heterocycles. The van der Waals surface area contributed by atoms with E-state index in [1.54, 1.807) is 24.3 Å². The Kier molecular flexibility index (Phi) is 5.43. The van der Waals surface area contributed by atoms with Crippen molar-refractivity contribution in [2.45, 2.75) is 37.6 Å². The maximum absolute atomic E-state index is 12.6. The Morgan fingerprint density at radius 1 is 1.03 bits per heavy atom. The molecule has 1 N–H and O–H groups in total. The standard InChI is InChI=1S/C22H24N2O4S/c1-2-16-5-10-20-17(14-22(25)28-21(20)13-16)15-23-18-6-8-19(9-7-18)29(26,27)24-11-3-4-12-24/h5-10,13-14,23H,2-4,11-12,15H2,1H3. The maximum Gasteiger partial charge on any atom is 0.336 e. The fraction of sp³-hybridized carbons (Fsp3) is 0.318. The number of aryl methyl sites for hydroxylation is 1. The van der Waals surface area contributed by atoms with Crippen molar-refractivity contribution >= 4 is 26.7 Å². The summed E-state index contributed by atoms with van der Waals surface area (Å²) in [4.78, 5) is 12.2. The smallest absolute Gasteiger partial charge is 0.336 e. The van der Waals surface area contributed by atoms with Crippen LogP contribution in [0.1, 0.15) is 30.9 Å². The quantitative estimate of drug-likeness (QED) is 0.624. The minimum atomic E-state index is -3.41. The molecule has 0 amide bonds. The topological polar surface area (TPSA) is 79.6 Å². The van der Waals surface area contributed by atoms with Crippen molar-refractivity contribution < 1.29 is 12.8 Å². The Balaban J connectivity index is 1.53. The summed E-state index contributed by atoms with van der Waals surface area (Å²) in [6.07, 6.45) is 2.70. The highest BCUT2D eigenvalue weighted by molar-refractivity contribution is 7.89. The van der Waals surface area contributed by atoms with Gasteiger partial charge in [-0.05, 0) is 60.7 Å². The van der Waals surface area contributed by atoms with E-state index >= 15 is 0 Å². The van der Waals surface area contributed by atoms with Crippen molar-refractivity contribution in [3.8, 4) is 0 Å². The summed E-state index contributed by atoms with van der Waals surface area (Å²) in [6.45, 7) is 3.67. The molecule has 1 aliphatic rings. The molecule has 0 aliphatic carbocycles. The monoisotopic (exact) mass is 412 g/mol. The number of benzene rings is 2. The number of sulfonamides is 1. The molecule has 0 atom stereocenters. The molecule has 0 saturated carbocycles. The van der Waals surface area contributed by atoms with Gasteiger partial charge in [-0.2, -0.15) is 4.31 Å². The Morgan fingerprint density at radius 3 is 2.45 bits per heavy atom. The molecule has 3 aromatic rings. The van der Waals surface area contributed by atoms with Crippen LogP contribution in [-0.4, -0.2) is 25.8 Å². The molecule has 29 heavy (non-hydrogen) atoms. The van der Waals surface area contributed by atoms with Crippen molar-refractivity contribution in [1.29, 1.82) is 0 Å². The SMILES string of the molecule is CCc1ccc2c(CNc3ccc(S(=O)(=O)N4CCCC4)cc3)cc(=O)oc2c1. The van der Waals surface area contributed by atoms with Gasteiger partial charge < -0.3 is 9.73 Å². The first-order valence-electron chi connectivity index (χ1n) is 9.87. The zero-order valence-corrected chi connectivity index (χ0v) is 17.2. The van der Waals surface area contributed by atoms with Crippen LogP contribution in [0.5, 0.6) is 0 Å². The lowest BCUT2D eigenvalue weighted by atomic mass is 10.1. The Bertz CT molecular complexity index is 1180. The molecule has 7 heteroatoms. The van der Waals surface area contributed by atoms with Gasteiger partial charge in [-0.15, -0.1) is 0 Å². The van der Waals surface area contributed by atoms with Gasteiger partial charge in [-0.1, -0.05) is 19.1 Å². The van der Waals surface area contributed by atoms with Crippen molar-refractivity contribution in [2.24, 2.45) is 0 Å². The fourth-order valence-electron chi connectivity index (χ4n) is 3.66. The summed E-state index contributed by atoms with van der Waals surface area (Å²) in [6, 6.07) is 14.2. The third-order valence-electron chi connectivity index (χ3n) is 5.34. The molecule has 2 aromatic carbocycles. The summed E-state index contributed by atoms with van der Waals surface area (Å²) in [5.41, 5.74) is 2.94. The number of hydrogen-bond acceptors (Lipinski definition) is 5. The largest absolute Gasteiger partial charge is 0.423 e. The van der Waals surface area contributed by atoms with Crippen LogP contribution in [0.15, 0.2) is 62.6 Å². The van der Waals surface area contributed by atoms with Gasteiger partial charge in [0.2, 0.25) is 10.0 Å². The van der Waals surface area contributed by atoms with Crippen LogP contribution in [0, 0.1) is 0 Å². The molecule has 0 unspecified atom stereocenters. The maximum atomic E-state index is 12.6. The summed E-state index contributed by atoms with van der Waals surface area (Å²) >= 11 is 0. The Labute approximate surface area is 170 Å². The van der Waals surface area contributed by atoms with Crippen molar-refractivity contribution in [2.75, 3.05) is 18.4 Å². The molecule has 1 saturated heterocycles. The van der Waals surface area contributed by atoms with E-state index < -0.39 is 10.0 Å². The van der Waals surface area contributed by atoms with Gasteiger partial charge in [0, 0.05) is 36.8 Å². The summed E-state index contributed by atoms with van der Waals surface area (Å²) in [5.74, 6) is 0. The van der Waals surface area contributed by atoms with Crippen molar-refractivity contribution in [3.63, 3.8) is 0 Å². The van der Waals surface area contributed by atoms with Crippen LogP contribution in [0.25, 0.3) is 11.0 Å². The van der Waals surface area contributed by atoms with E-state index in [-0.39, 0.29) is 5.63 Å². The highest BCUT2D eigenvalue weighted by atomic mass is 32.2. The summed E-state index contributed by atoms with van der Waals surface area (Å²) in [7, 11) is -3.41. The molecule has 1 aromatic heterocycles. The number of anilines is 1. The van der Waals surface area contributed by atoms with Crippen LogP contribution in [-0.2, 0) is 23.0 Å². The predicted octanol–water partition coefficient (Wildman–Crippen LogP) is 3.75. The van der Waals surface area contributed by atoms with Crippen molar-refractivity contribution in [3.05, 3.63) is 70.1 Å². The van der Waals surface area contributed by atoms with Gasteiger partial charge in [0.25, 0.3) is 0 Å². The second-order valence-corrected chi connectivity index (χ2v) is 9.20. The zero-order chi connectivity index (χ0) is 20.4. The van der Waals surface area contributed by atoms with Crippen LogP contribution >= 0.6 is 0 Å². The lowest BCUT2D eigenvalue weighted by Gasteiger charge is -2.16. The second-order valence-electron chi connectivity index (χ2n) is 7.26. The number of rotatable bonds is 6. The first-order chi connectivity index (χ1) is 14.0. The van der Waals surface area contributed by atoms with Crippen LogP contribution in [0.4, 0.5) is 5.69 Å². The predicted molar refractivity (Wildman–Crippen MR) is 114 cm³/mol. The average Bonchev–Trinajstić information content (AvgIpc) is 3.27. The van der Waals surface area contributed by atoms with E-state index in [1.807, 2.05) is 18.2 Å². The fourth-order valence-corrected chi connectivity index (χ4v) is 5.18. The van der Waals surface area contributed by atoms with Gasteiger partial charge in [0.1, 0.15) is 5.58 Å². The van der Waals surface area contributed by atoms with E-state index in [2.05, 4.69) is 12.2 Å². The zero-order valence-electron chi connectivity index (χ0n) is 16.3. The molecule has 0 radical (unpaired) electrons. The van der Waals surface area contributed by atoms with E-state index in [4.69, 9.17) is 4.42 Å². The molecule has 0 bridgehead atoms. The molecule has 152 valence electrons. The lowest BCUT2D eigenvalue weighted by Crippen LogP contribution is -2.27. The van der Waals surface area contributed by atoms with Gasteiger partial charge in [-0.25, -0.2) is 13.2 Å². The van der Waals surface area contributed by atoms with Gasteiger partial charge in [0.05, 0.1) is 4.90 Å². The van der Waals surface area contributed by atoms with E-state index in [0.717, 1.165) is 41.5 Å². The van der Waals surface area contributed by atoms with E-state index in [1.165, 1.54) is 10.4 Å².